The molecule has 0 aliphatic carbocycles. The van der Waals surface area contributed by atoms with E-state index in [0.717, 1.165) is 4.47 Å². The molecule has 0 fully saturated rings. The van der Waals surface area contributed by atoms with Gasteiger partial charge in [0.05, 0.1) is 13.0 Å². The van der Waals surface area contributed by atoms with Crippen molar-refractivity contribution in [1.29, 1.82) is 0 Å². The highest BCUT2D eigenvalue weighted by molar-refractivity contribution is 9.10. The summed E-state index contributed by atoms with van der Waals surface area (Å²) in [7, 11) is 0. The van der Waals surface area contributed by atoms with Gasteiger partial charge in [-0.25, -0.2) is 0 Å². The van der Waals surface area contributed by atoms with Crippen LogP contribution in [-0.4, -0.2) is 12.8 Å². The number of ether oxygens (including phenoxy) is 1. The van der Waals surface area contributed by atoms with Gasteiger partial charge < -0.3 is 10.5 Å². The number of nitrogens with two attached hydrogens (primary N) is 1. The van der Waals surface area contributed by atoms with Gasteiger partial charge in [-0.05, 0) is 12.1 Å². The molecule has 2 N–H and O–H groups in total. The van der Waals surface area contributed by atoms with Crippen molar-refractivity contribution in [2.75, 3.05) is 6.61 Å². The van der Waals surface area contributed by atoms with Crippen LogP contribution < -0.4 is 10.5 Å². The normalized spacial score (nSPS) is 11.6. The van der Waals surface area contributed by atoms with Crippen molar-refractivity contribution >= 4 is 15.9 Å². The lowest BCUT2D eigenvalue weighted by Crippen LogP contribution is -2.14. The van der Waals surface area contributed by atoms with Crippen molar-refractivity contribution in [2.24, 2.45) is 5.73 Å². The first-order valence-electron chi connectivity index (χ1n) is 4.61. The van der Waals surface area contributed by atoms with Crippen molar-refractivity contribution in [3.8, 4) is 5.75 Å². The highest BCUT2D eigenvalue weighted by Gasteiger charge is 2.27. The first-order valence-corrected chi connectivity index (χ1v) is 5.40. The molecule has 0 aliphatic heterocycles. The predicted molar refractivity (Wildman–Crippen MR) is 58.2 cm³/mol. The molecule has 0 atom stereocenters. The maximum Gasteiger partial charge on any atom is 0.392 e. The lowest BCUT2D eigenvalue weighted by Gasteiger charge is -2.12. The third-order valence-corrected chi connectivity index (χ3v) is 2.67. The van der Waals surface area contributed by atoms with Gasteiger partial charge >= 0.3 is 6.18 Å². The Morgan fingerprint density at radius 1 is 1.31 bits per heavy atom. The predicted octanol–water partition coefficient (Wildman–Crippen LogP) is 3.24. The number of hydrogen-bond acceptors (Lipinski definition) is 2. The smallest absolute Gasteiger partial charge is 0.392 e. The van der Waals surface area contributed by atoms with Gasteiger partial charge in [-0.15, -0.1) is 0 Å². The van der Waals surface area contributed by atoms with E-state index in [1.54, 1.807) is 18.2 Å². The summed E-state index contributed by atoms with van der Waals surface area (Å²) in [5.41, 5.74) is 6.15. The number of hydrogen-bond donors (Lipinski definition) is 1. The van der Waals surface area contributed by atoms with Gasteiger partial charge in [0, 0.05) is 16.6 Å². The van der Waals surface area contributed by atoms with Crippen LogP contribution in [0.15, 0.2) is 22.7 Å². The summed E-state index contributed by atoms with van der Waals surface area (Å²) in [5.74, 6) is 0.390. The molecule has 90 valence electrons. The molecule has 0 radical (unpaired) electrons. The molecule has 0 aliphatic rings. The Bertz CT molecular complexity index is 354. The van der Waals surface area contributed by atoms with E-state index in [4.69, 9.17) is 10.5 Å². The molecule has 16 heavy (non-hydrogen) atoms. The Kier molecular flexibility index (Phi) is 4.61. The standard InChI is InChI=1S/C10H11BrF3NO/c11-8-2-1-3-9(7(8)6-15)16-5-4-10(12,13)14/h1-3H,4-6,15H2. The first kappa shape index (κ1) is 13.3. The maximum atomic E-state index is 11.9. The molecule has 0 aromatic heterocycles. The summed E-state index contributed by atoms with van der Waals surface area (Å²) < 4.78 is 41.5. The van der Waals surface area contributed by atoms with Crippen molar-refractivity contribution in [2.45, 2.75) is 19.1 Å². The topological polar surface area (TPSA) is 35.2 Å². The van der Waals surface area contributed by atoms with Crippen molar-refractivity contribution in [1.82, 2.24) is 0 Å². The molecule has 0 saturated heterocycles. The third-order valence-electron chi connectivity index (χ3n) is 1.92. The molecule has 0 unspecified atom stereocenters. The highest BCUT2D eigenvalue weighted by Crippen LogP contribution is 2.27. The number of alkyl halides is 3. The van der Waals surface area contributed by atoms with Gasteiger partial charge in [0.25, 0.3) is 0 Å². The Balaban J connectivity index is 2.64. The SMILES string of the molecule is NCc1c(Br)cccc1OCCC(F)(F)F. The molecule has 1 rings (SSSR count). The summed E-state index contributed by atoms with van der Waals surface area (Å²) >= 11 is 3.26. The van der Waals surface area contributed by atoms with Crippen molar-refractivity contribution in [3.63, 3.8) is 0 Å². The van der Waals surface area contributed by atoms with E-state index in [-0.39, 0.29) is 6.54 Å². The highest BCUT2D eigenvalue weighted by atomic mass is 79.9. The Morgan fingerprint density at radius 3 is 2.56 bits per heavy atom. The molecule has 1 aromatic rings. The van der Waals surface area contributed by atoms with E-state index in [9.17, 15) is 13.2 Å². The fourth-order valence-electron chi connectivity index (χ4n) is 1.15. The Hall–Kier alpha value is -0.750. The number of benzene rings is 1. The monoisotopic (exact) mass is 297 g/mol. The van der Waals surface area contributed by atoms with Gasteiger partial charge in [-0.3, -0.25) is 0 Å². The average Bonchev–Trinajstić information content (AvgIpc) is 2.16. The quantitative estimate of drug-likeness (QED) is 0.926. The summed E-state index contributed by atoms with van der Waals surface area (Å²) in [6.45, 7) is -0.185. The second-order valence-corrected chi connectivity index (χ2v) is 3.99. The molecule has 6 heteroatoms. The fourth-order valence-corrected chi connectivity index (χ4v) is 1.66. The van der Waals surface area contributed by atoms with E-state index in [1.807, 2.05) is 0 Å². The summed E-state index contributed by atoms with van der Waals surface area (Å²) in [5, 5.41) is 0. The third kappa shape index (κ3) is 4.02. The van der Waals surface area contributed by atoms with Crippen LogP contribution in [0.1, 0.15) is 12.0 Å². The van der Waals surface area contributed by atoms with E-state index in [0.29, 0.717) is 11.3 Å². The summed E-state index contributed by atoms with van der Waals surface area (Å²) in [4.78, 5) is 0. The Morgan fingerprint density at radius 2 is 2.00 bits per heavy atom. The first-order chi connectivity index (χ1) is 7.44. The lowest BCUT2D eigenvalue weighted by atomic mass is 10.2. The molecule has 0 heterocycles. The minimum absolute atomic E-state index is 0.211. The molecular weight excluding hydrogens is 287 g/mol. The zero-order chi connectivity index (χ0) is 12.2. The van der Waals surface area contributed by atoms with Crippen molar-refractivity contribution < 1.29 is 17.9 Å². The van der Waals surface area contributed by atoms with Gasteiger partial charge in [0.1, 0.15) is 5.75 Å². The fraction of sp³-hybridized carbons (Fsp3) is 0.400. The minimum atomic E-state index is -4.20. The molecule has 2 nitrogen and oxygen atoms in total. The van der Waals surface area contributed by atoms with Crippen LogP contribution in [0.4, 0.5) is 13.2 Å². The second kappa shape index (κ2) is 5.54. The van der Waals surface area contributed by atoms with E-state index in [1.165, 1.54) is 0 Å². The second-order valence-electron chi connectivity index (χ2n) is 3.13. The minimum Gasteiger partial charge on any atom is -0.493 e. The van der Waals surface area contributed by atoms with Crippen LogP contribution in [0.25, 0.3) is 0 Å². The van der Waals surface area contributed by atoms with Gasteiger partial charge in [0.15, 0.2) is 0 Å². The molecular formula is C10H11BrF3NO. The largest absolute Gasteiger partial charge is 0.493 e. The van der Waals surface area contributed by atoms with Crippen LogP contribution >= 0.6 is 15.9 Å². The van der Waals surface area contributed by atoms with Crippen LogP contribution in [0.2, 0.25) is 0 Å². The van der Waals surface area contributed by atoms with Crippen LogP contribution in [-0.2, 0) is 6.54 Å². The van der Waals surface area contributed by atoms with Gasteiger partial charge in [0.2, 0.25) is 0 Å². The van der Waals surface area contributed by atoms with Gasteiger partial charge in [-0.1, -0.05) is 22.0 Å². The molecule has 1 aromatic carbocycles. The average molecular weight is 298 g/mol. The molecule has 0 saturated carbocycles. The zero-order valence-electron chi connectivity index (χ0n) is 8.35. The van der Waals surface area contributed by atoms with Crippen molar-refractivity contribution in [3.05, 3.63) is 28.2 Å². The number of rotatable bonds is 4. The van der Waals surface area contributed by atoms with Crippen LogP contribution in [0.3, 0.4) is 0 Å². The molecule has 0 amide bonds. The lowest BCUT2D eigenvalue weighted by molar-refractivity contribution is -0.139. The van der Waals surface area contributed by atoms with E-state index >= 15 is 0 Å². The van der Waals surface area contributed by atoms with Crippen LogP contribution in [0.5, 0.6) is 5.75 Å². The summed E-state index contributed by atoms with van der Waals surface area (Å²) in [6, 6.07) is 5.05. The molecule has 0 bridgehead atoms. The number of halogens is 4. The van der Waals surface area contributed by atoms with E-state index in [2.05, 4.69) is 15.9 Å². The zero-order valence-corrected chi connectivity index (χ0v) is 9.94. The van der Waals surface area contributed by atoms with Gasteiger partial charge in [-0.2, -0.15) is 13.2 Å². The van der Waals surface area contributed by atoms with Crippen LogP contribution in [0, 0.1) is 0 Å². The Labute approximate surface area is 99.7 Å². The summed E-state index contributed by atoms with van der Waals surface area (Å²) in [6.07, 6.45) is -5.17. The maximum absolute atomic E-state index is 11.9. The van der Waals surface area contributed by atoms with E-state index < -0.39 is 19.2 Å². The molecule has 0 spiro atoms.